The molecule has 14 heavy (non-hydrogen) atoms. The molecule has 0 heterocycles. The molecule has 0 aromatic carbocycles. The van der Waals surface area contributed by atoms with E-state index in [1.807, 2.05) is 0 Å². The van der Waals surface area contributed by atoms with Crippen LogP contribution >= 0.6 is 0 Å². The molecule has 0 aromatic heterocycles. The summed E-state index contributed by atoms with van der Waals surface area (Å²) in [5.74, 6) is 2.82. The predicted molar refractivity (Wildman–Crippen MR) is 63.4 cm³/mol. The van der Waals surface area contributed by atoms with E-state index in [9.17, 15) is 0 Å². The summed E-state index contributed by atoms with van der Waals surface area (Å²) >= 11 is 0. The predicted octanol–water partition coefficient (Wildman–Crippen LogP) is 3.45. The van der Waals surface area contributed by atoms with Crippen LogP contribution in [0.2, 0.25) is 0 Å². The van der Waals surface area contributed by atoms with Crippen molar-refractivity contribution in [2.75, 3.05) is 13.6 Å². The molecule has 84 valence electrons. The van der Waals surface area contributed by atoms with Crippen LogP contribution in [-0.2, 0) is 0 Å². The summed E-state index contributed by atoms with van der Waals surface area (Å²) in [6, 6.07) is 0. The second-order valence-corrected chi connectivity index (χ2v) is 5.44. The van der Waals surface area contributed by atoms with Gasteiger partial charge in [0.1, 0.15) is 0 Å². The lowest BCUT2D eigenvalue weighted by molar-refractivity contribution is 0.316. The molecular weight excluding hydrogens is 170 g/mol. The van der Waals surface area contributed by atoms with Gasteiger partial charge >= 0.3 is 0 Å². The van der Waals surface area contributed by atoms with Gasteiger partial charge in [0.15, 0.2) is 0 Å². The molecule has 1 saturated carbocycles. The number of rotatable bonds is 6. The van der Waals surface area contributed by atoms with Crippen LogP contribution in [-0.4, -0.2) is 13.6 Å². The van der Waals surface area contributed by atoms with Gasteiger partial charge in [0.05, 0.1) is 0 Å². The second-order valence-electron chi connectivity index (χ2n) is 5.44. The molecule has 0 bridgehead atoms. The molecule has 1 fully saturated rings. The van der Waals surface area contributed by atoms with Crippen molar-refractivity contribution in [3.05, 3.63) is 0 Å². The molecule has 1 aliphatic carbocycles. The Bertz CT molecular complexity index is 136. The quantitative estimate of drug-likeness (QED) is 0.687. The Morgan fingerprint density at radius 2 is 1.86 bits per heavy atom. The fourth-order valence-electron chi connectivity index (χ4n) is 2.94. The minimum atomic E-state index is 0.856. The Hall–Kier alpha value is -0.0400. The van der Waals surface area contributed by atoms with E-state index in [-0.39, 0.29) is 0 Å². The molecule has 0 aliphatic heterocycles. The van der Waals surface area contributed by atoms with E-state index in [2.05, 4.69) is 26.2 Å². The first-order valence-electron chi connectivity index (χ1n) is 6.37. The van der Waals surface area contributed by atoms with Gasteiger partial charge in [-0.15, -0.1) is 0 Å². The molecular formula is C13H27N. The van der Waals surface area contributed by atoms with Crippen LogP contribution in [0.25, 0.3) is 0 Å². The highest BCUT2D eigenvalue weighted by Crippen LogP contribution is 2.32. The summed E-state index contributed by atoms with van der Waals surface area (Å²) < 4.78 is 0. The molecule has 1 rings (SSSR count). The monoisotopic (exact) mass is 197 g/mol. The first-order valence-corrected chi connectivity index (χ1v) is 6.37. The maximum atomic E-state index is 3.35. The largest absolute Gasteiger partial charge is 0.319 e. The zero-order valence-corrected chi connectivity index (χ0v) is 10.2. The summed E-state index contributed by atoms with van der Waals surface area (Å²) in [6.45, 7) is 5.91. The van der Waals surface area contributed by atoms with E-state index in [1.54, 1.807) is 0 Å². The molecule has 1 aliphatic rings. The van der Waals surface area contributed by atoms with Crippen molar-refractivity contribution in [3.63, 3.8) is 0 Å². The first-order chi connectivity index (χ1) is 6.72. The lowest BCUT2D eigenvalue weighted by atomic mass is 9.87. The van der Waals surface area contributed by atoms with Crippen LogP contribution in [0.15, 0.2) is 0 Å². The third-order valence-corrected chi connectivity index (χ3v) is 3.44. The molecule has 1 atom stereocenters. The third-order valence-electron chi connectivity index (χ3n) is 3.44. The Morgan fingerprint density at radius 1 is 1.21 bits per heavy atom. The number of nitrogens with one attached hydrogen (secondary N) is 1. The summed E-state index contributed by atoms with van der Waals surface area (Å²) in [7, 11) is 2.09. The average Bonchev–Trinajstić information content (AvgIpc) is 2.56. The van der Waals surface area contributed by atoms with Gasteiger partial charge in [-0.3, -0.25) is 0 Å². The lowest BCUT2D eigenvalue weighted by Crippen LogP contribution is -2.22. The van der Waals surface area contributed by atoms with Gasteiger partial charge in [-0.05, 0) is 44.2 Å². The maximum Gasteiger partial charge on any atom is -0.00233 e. The fraction of sp³-hybridized carbons (Fsp3) is 1.00. The zero-order valence-electron chi connectivity index (χ0n) is 10.2. The van der Waals surface area contributed by atoms with Gasteiger partial charge in [-0.25, -0.2) is 0 Å². The SMILES string of the molecule is CNCC(CC(C)C)CC1CCCC1. The summed E-state index contributed by atoms with van der Waals surface area (Å²) in [5.41, 5.74) is 0. The Labute approximate surface area is 89.7 Å². The van der Waals surface area contributed by atoms with Gasteiger partial charge < -0.3 is 5.32 Å². The minimum absolute atomic E-state index is 0.856. The molecule has 0 radical (unpaired) electrons. The number of hydrogen-bond donors (Lipinski definition) is 1. The van der Waals surface area contributed by atoms with E-state index in [0.29, 0.717) is 0 Å². The highest BCUT2D eigenvalue weighted by molar-refractivity contribution is 4.73. The van der Waals surface area contributed by atoms with Crippen molar-refractivity contribution < 1.29 is 0 Å². The molecule has 0 saturated heterocycles. The van der Waals surface area contributed by atoms with Gasteiger partial charge in [-0.1, -0.05) is 39.5 Å². The van der Waals surface area contributed by atoms with E-state index in [0.717, 1.165) is 17.8 Å². The zero-order chi connectivity index (χ0) is 10.4. The van der Waals surface area contributed by atoms with Gasteiger partial charge in [0.25, 0.3) is 0 Å². The Kier molecular flexibility index (Phi) is 5.54. The third kappa shape index (κ3) is 4.45. The van der Waals surface area contributed by atoms with Crippen LogP contribution in [0.3, 0.4) is 0 Å². The van der Waals surface area contributed by atoms with Crippen molar-refractivity contribution in [3.8, 4) is 0 Å². The molecule has 0 spiro atoms. The Balaban J connectivity index is 2.25. The van der Waals surface area contributed by atoms with Crippen LogP contribution < -0.4 is 5.32 Å². The summed E-state index contributed by atoms with van der Waals surface area (Å²) in [4.78, 5) is 0. The molecule has 0 aromatic rings. The molecule has 1 nitrogen and oxygen atoms in total. The van der Waals surface area contributed by atoms with Crippen LogP contribution in [0, 0.1) is 17.8 Å². The standard InChI is InChI=1S/C13H27N/c1-11(2)8-13(10-14-3)9-12-6-4-5-7-12/h11-14H,4-10H2,1-3H3. The van der Waals surface area contributed by atoms with Crippen molar-refractivity contribution in [2.45, 2.75) is 52.4 Å². The van der Waals surface area contributed by atoms with Crippen molar-refractivity contribution in [2.24, 2.45) is 17.8 Å². The summed E-state index contributed by atoms with van der Waals surface area (Å²) in [5, 5.41) is 3.35. The van der Waals surface area contributed by atoms with Crippen molar-refractivity contribution in [1.82, 2.24) is 5.32 Å². The highest BCUT2D eigenvalue weighted by Gasteiger charge is 2.20. The van der Waals surface area contributed by atoms with Crippen LogP contribution in [0.1, 0.15) is 52.4 Å². The normalized spacial score (nSPS) is 20.6. The summed E-state index contributed by atoms with van der Waals surface area (Å²) in [6.07, 6.45) is 8.84. The molecule has 1 N–H and O–H groups in total. The van der Waals surface area contributed by atoms with Gasteiger partial charge in [0.2, 0.25) is 0 Å². The second kappa shape index (κ2) is 6.44. The molecule has 0 amide bonds. The van der Waals surface area contributed by atoms with Crippen LogP contribution in [0.5, 0.6) is 0 Å². The molecule has 1 unspecified atom stereocenters. The Morgan fingerprint density at radius 3 is 2.36 bits per heavy atom. The van der Waals surface area contributed by atoms with Crippen LogP contribution in [0.4, 0.5) is 0 Å². The fourth-order valence-corrected chi connectivity index (χ4v) is 2.94. The number of hydrogen-bond acceptors (Lipinski definition) is 1. The smallest absolute Gasteiger partial charge is 0.00233 e. The van der Waals surface area contributed by atoms with E-state index < -0.39 is 0 Å². The van der Waals surface area contributed by atoms with Crippen molar-refractivity contribution in [1.29, 1.82) is 0 Å². The average molecular weight is 197 g/mol. The topological polar surface area (TPSA) is 12.0 Å². The maximum absolute atomic E-state index is 3.35. The van der Waals surface area contributed by atoms with E-state index in [1.165, 1.54) is 45.1 Å². The van der Waals surface area contributed by atoms with Gasteiger partial charge in [-0.2, -0.15) is 0 Å². The van der Waals surface area contributed by atoms with Gasteiger partial charge in [0, 0.05) is 0 Å². The van der Waals surface area contributed by atoms with Crippen molar-refractivity contribution >= 4 is 0 Å². The highest BCUT2D eigenvalue weighted by atomic mass is 14.8. The molecule has 1 heteroatoms. The minimum Gasteiger partial charge on any atom is -0.319 e. The first kappa shape index (κ1) is 12.0. The lowest BCUT2D eigenvalue weighted by Gasteiger charge is -2.21. The van der Waals surface area contributed by atoms with E-state index >= 15 is 0 Å². The van der Waals surface area contributed by atoms with E-state index in [4.69, 9.17) is 0 Å².